The van der Waals surface area contributed by atoms with Crippen molar-refractivity contribution in [2.75, 3.05) is 12.8 Å². The molecule has 1 aromatic heterocycles. The molecule has 0 saturated heterocycles. The Hall–Kier alpha value is -1.35. The van der Waals surface area contributed by atoms with Crippen molar-refractivity contribution in [2.24, 2.45) is 0 Å². The number of aromatic nitrogens is 1. The second kappa shape index (κ2) is 4.62. The zero-order valence-electron chi connectivity index (χ0n) is 7.83. The fraction of sp³-hybridized carbons (Fsp3) is 0.300. The van der Waals surface area contributed by atoms with E-state index >= 15 is 0 Å². The number of nitrogens with one attached hydrogen (secondary N) is 1. The molecule has 0 aliphatic carbocycles. The Morgan fingerprint density at radius 1 is 1.77 bits per heavy atom. The Morgan fingerprint density at radius 2 is 2.54 bits per heavy atom. The average molecular weight is 177 g/mol. The van der Waals surface area contributed by atoms with Crippen molar-refractivity contribution in [1.82, 2.24) is 10.3 Å². The van der Waals surface area contributed by atoms with Crippen molar-refractivity contribution in [3.05, 3.63) is 36.5 Å². The third-order valence-corrected chi connectivity index (χ3v) is 2.00. The van der Waals surface area contributed by atoms with E-state index < -0.39 is 0 Å². The topological polar surface area (TPSA) is 50.9 Å². The van der Waals surface area contributed by atoms with Gasteiger partial charge in [-0.25, -0.2) is 4.98 Å². The monoisotopic (exact) mass is 177 g/mol. The van der Waals surface area contributed by atoms with Crippen LogP contribution < -0.4 is 11.1 Å². The summed E-state index contributed by atoms with van der Waals surface area (Å²) in [5, 5.41) is 3.17. The Bertz CT molecular complexity index is 283. The molecule has 0 aliphatic rings. The highest BCUT2D eigenvalue weighted by Crippen LogP contribution is 2.20. The first kappa shape index (κ1) is 9.74. The predicted molar refractivity (Wildman–Crippen MR) is 55.3 cm³/mol. The molecule has 70 valence electrons. The maximum Gasteiger partial charge on any atom is 0.128 e. The minimum absolute atomic E-state index is 0.214. The molecule has 0 amide bonds. The molecule has 0 radical (unpaired) electrons. The van der Waals surface area contributed by atoms with Gasteiger partial charge in [0.2, 0.25) is 0 Å². The summed E-state index contributed by atoms with van der Waals surface area (Å²) in [6, 6.07) is 4.08. The van der Waals surface area contributed by atoms with Gasteiger partial charge in [0.25, 0.3) is 0 Å². The molecular weight excluding hydrogens is 162 g/mol. The minimum atomic E-state index is 0.214. The van der Waals surface area contributed by atoms with E-state index in [-0.39, 0.29) is 6.04 Å². The number of hydrogen-bond donors (Lipinski definition) is 2. The smallest absolute Gasteiger partial charge is 0.128 e. The molecule has 13 heavy (non-hydrogen) atoms. The van der Waals surface area contributed by atoms with Crippen LogP contribution in [0.5, 0.6) is 0 Å². The van der Waals surface area contributed by atoms with Gasteiger partial charge in [0.15, 0.2) is 0 Å². The maximum absolute atomic E-state index is 5.74. The molecule has 0 saturated carbocycles. The maximum atomic E-state index is 5.74. The van der Waals surface area contributed by atoms with Crippen LogP contribution in [-0.4, -0.2) is 12.0 Å². The van der Waals surface area contributed by atoms with Crippen LogP contribution in [0, 0.1) is 0 Å². The lowest BCUT2D eigenvalue weighted by molar-refractivity contribution is 0.604. The predicted octanol–water partition coefficient (Wildman–Crippen LogP) is 1.50. The van der Waals surface area contributed by atoms with Crippen LogP contribution in [0.15, 0.2) is 31.0 Å². The number of hydrogen-bond acceptors (Lipinski definition) is 3. The second-order valence-corrected chi connectivity index (χ2v) is 2.84. The Labute approximate surface area is 78.7 Å². The van der Waals surface area contributed by atoms with Gasteiger partial charge in [0.1, 0.15) is 5.82 Å². The van der Waals surface area contributed by atoms with Gasteiger partial charge in [-0.2, -0.15) is 0 Å². The molecule has 1 rings (SSSR count). The van der Waals surface area contributed by atoms with E-state index in [1.54, 1.807) is 6.20 Å². The van der Waals surface area contributed by atoms with Crippen molar-refractivity contribution in [1.29, 1.82) is 0 Å². The number of nitrogens with two attached hydrogens (primary N) is 1. The molecule has 3 N–H and O–H groups in total. The van der Waals surface area contributed by atoms with Crippen LogP contribution in [0.25, 0.3) is 0 Å². The zero-order chi connectivity index (χ0) is 9.68. The highest BCUT2D eigenvalue weighted by atomic mass is 14.9. The van der Waals surface area contributed by atoms with Crippen LogP contribution in [0.1, 0.15) is 18.0 Å². The highest BCUT2D eigenvalue weighted by Gasteiger charge is 2.09. The summed E-state index contributed by atoms with van der Waals surface area (Å²) >= 11 is 0. The Kier molecular flexibility index (Phi) is 3.46. The number of rotatable bonds is 4. The van der Waals surface area contributed by atoms with E-state index in [0.29, 0.717) is 5.82 Å². The molecule has 3 nitrogen and oxygen atoms in total. The molecular formula is C10H15N3. The van der Waals surface area contributed by atoms with Crippen molar-refractivity contribution in [3.63, 3.8) is 0 Å². The molecule has 3 heteroatoms. The first-order valence-electron chi connectivity index (χ1n) is 4.28. The Balaban J connectivity index is 2.90. The quantitative estimate of drug-likeness (QED) is 0.685. The van der Waals surface area contributed by atoms with Crippen molar-refractivity contribution < 1.29 is 0 Å². The largest absolute Gasteiger partial charge is 0.383 e. The summed E-state index contributed by atoms with van der Waals surface area (Å²) in [5.74, 6) is 0.587. The highest BCUT2D eigenvalue weighted by molar-refractivity contribution is 5.40. The molecule has 1 unspecified atom stereocenters. The summed E-state index contributed by atoms with van der Waals surface area (Å²) in [6.07, 6.45) is 4.42. The van der Waals surface area contributed by atoms with Crippen molar-refractivity contribution in [2.45, 2.75) is 12.5 Å². The van der Waals surface area contributed by atoms with Gasteiger partial charge in [-0.3, -0.25) is 0 Å². The molecule has 1 heterocycles. The molecule has 0 bridgehead atoms. The summed E-state index contributed by atoms with van der Waals surface area (Å²) in [6.45, 7) is 3.70. The number of anilines is 1. The molecule has 0 aliphatic heterocycles. The van der Waals surface area contributed by atoms with Gasteiger partial charge < -0.3 is 11.1 Å². The van der Waals surface area contributed by atoms with Crippen LogP contribution >= 0.6 is 0 Å². The third-order valence-electron chi connectivity index (χ3n) is 2.00. The third kappa shape index (κ3) is 2.29. The van der Waals surface area contributed by atoms with Gasteiger partial charge in [0.05, 0.1) is 0 Å². The first-order valence-corrected chi connectivity index (χ1v) is 4.28. The van der Waals surface area contributed by atoms with Crippen LogP contribution in [0.3, 0.4) is 0 Å². The molecule has 1 aromatic rings. The molecule has 0 spiro atoms. The SMILES string of the molecule is C=CCC(NC)c1cccnc1N. The lowest BCUT2D eigenvalue weighted by atomic mass is 10.1. The standard InChI is InChI=1S/C10H15N3/c1-3-5-9(12-2)8-6-4-7-13-10(8)11/h3-4,6-7,9,12H,1,5H2,2H3,(H2,11,13). The average Bonchev–Trinajstić information content (AvgIpc) is 2.16. The fourth-order valence-corrected chi connectivity index (χ4v) is 1.29. The summed E-state index contributed by atoms with van der Waals surface area (Å²) < 4.78 is 0. The normalized spacial score (nSPS) is 12.4. The zero-order valence-corrected chi connectivity index (χ0v) is 7.83. The first-order chi connectivity index (χ1) is 6.29. The van der Waals surface area contributed by atoms with E-state index in [1.807, 2.05) is 25.3 Å². The second-order valence-electron chi connectivity index (χ2n) is 2.84. The molecule has 0 fully saturated rings. The van der Waals surface area contributed by atoms with Gasteiger partial charge in [-0.1, -0.05) is 12.1 Å². The minimum Gasteiger partial charge on any atom is -0.383 e. The lowest BCUT2D eigenvalue weighted by Gasteiger charge is -2.15. The summed E-state index contributed by atoms with van der Waals surface area (Å²) in [5.41, 5.74) is 6.77. The number of nitrogens with zero attached hydrogens (tertiary/aromatic N) is 1. The van der Waals surface area contributed by atoms with Gasteiger partial charge >= 0.3 is 0 Å². The summed E-state index contributed by atoms with van der Waals surface area (Å²) in [4.78, 5) is 4.03. The molecule has 1 atom stereocenters. The number of pyridine rings is 1. The van der Waals surface area contributed by atoms with Gasteiger partial charge in [0, 0.05) is 17.8 Å². The van der Waals surface area contributed by atoms with E-state index in [9.17, 15) is 0 Å². The van der Waals surface area contributed by atoms with E-state index in [1.165, 1.54) is 0 Å². The number of nitrogen functional groups attached to an aromatic ring is 1. The lowest BCUT2D eigenvalue weighted by Crippen LogP contribution is -2.17. The Morgan fingerprint density at radius 3 is 3.08 bits per heavy atom. The van der Waals surface area contributed by atoms with Crippen molar-refractivity contribution >= 4 is 5.82 Å². The fourth-order valence-electron chi connectivity index (χ4n) is 1.29. The summed E-state index contributed by atoms with van der Waals surface area (Å²) in [7, 11) is 1.90. The molecule has 0 aromatic carbocycles. The van der Waals surface area contributed by atoms with Gasteiger partial charge in [-0.05, 0) is 19.5 Å². The van der Waals surface area contributed by atoms with Crippen molar-refractivity contribution in [3.8, 4) is 0 Å². The van der Waals surface area contributed by atoms with Crippen LogP contribution in [-0.2, 0) is 0 Å². The van der Waals surface area contributed by atoms with E-state index in [2.05, 4.69) is 16.9 Å². The van der Waals surface area contributed by atoms with Crippen LogP contribution in [0.4, 0.5) is 5.82 Å². The van der Waals surface area contributed by atoms with E-state index in [4.69, 9.17) is 5.73 Å². The van der Waals surface area contributed by atoms with Crippen LogP contribution in [0.2, 0.25) is 0 Å². The van der Waals surface area contributed by atoms with Gasteiger partial charge in [-0.15, -0.1) is 6.58 Å². The van der Waals surface area contributed by atoms with E-state index in [0.717, 1.165) is 12.0 Å².